The molecule has 27 heavy (non-hydrogen) atoms. The van der Waals surface area contributed by atoms with E-state index < -0.39 is 0 Å². The molecule has 3 aromatic rings. The van der Waals surface area contributed by atoms with Gasteiger partial charge in [0.1, 0.15) is 13.2 Å². The van der Waals surface area contributed by atoms with Crippen LogP contribution < -0.4 is 14.8 Å². The van der Waals surface area contributed by atoms with E-state index in [0.29, 0.717) is 29.9 Å². The molecule has 4 rings (SSSR count). The van der Waals surface area contributed by atoms with Crippen molar-refractivity contribution in [3.63, 3.8) is 0 Å². The molecule has 8 nitrogen and oxygen atoms in total. The van der Waals surface area contributed by atoms with Gasteiger partial charge in [0.25, 0.3) is 11.1 Å². The number of nitrogens with one attached hydrogen (secondary N) is 1. The van der Waals surface area contributed by atoms with Crippen LogP contribution in [0, 0.1) is 0 Å². The highest BCUT2D eigenvalue weighted by molar-refractivity contribution is 7.99. The van der Waals surface area contributed by atoms with Crippen LogP contribution in [0.2, 0.25) is 0 Å². The molecule has 1 atom stereocenters. The maximum atomic E-state index is 12.2. The average molecular weight is 387 g/mol. The van der Waals surface area contributed by atoms with Gasteiger partial charge in [-0.3, -0.25) is 4.79 Å². The summed E-state index contributed by atoms with van der Waals surface area (Å²) in [6, 6.07) is 8.95. The van der Waals surface area contributed by atoms with Crippen LogP contribution in [-0.4, -0.2) is 35.1 Å². The van der Waals surface area contributed by atoms with Gasteiger partial charge in [0.2, 0.25) is 5.91 Å². The number of ether oxygens (including phenoxy) is 2. The molecule has 0 aliphatic carbocycles. The van der Waals surface area contributed by atoms with Crippen LogP contribution in [0.5, 0.6) is 11.5 Å². The third-order valence-electron chi connectivity index (χ3n) is 3.91. The number of nitrogens with zero attached hydrogens (tertiary/aromatic N) is 2. The number of hydrogen-bond donors (Lipinski definition) is 1. The van der Waals surface area contributed by atoms with Crippen molar-refractivity contribution in [3.05, 3.63) is 42.2 Å². The van der Waals surface area contributed by atoms with Crippen LogP contribution in [0.15, 0.2) is 50.7 Å². The predicted octanol–water partition coefficient (Wildman–Crippen LogP) is 3.07. The molecule has 1 N–H and O–H groups in total. The summed E-state index contributed by atoms with van der Waals surface area (Å²) >= 11 is 1.17. The molecule has 0 spiro atoms. The van der Waals surface area contributed by atoms with E-state index in [0.717, 1.165) is 11.3 Å². The van der Waals surface area contributed by atoms with Crippen LogP contribution in [-0.2, 0) is 4.79 Å². The van der Waals surface area contributed by atoms with Gasteiger partial charge in [-0.15, -0.1) is 10.2 Å². The standard InChI is InChI=1S/C18H17N3O5S/c1-11(12-4-5-13-15(9-12)25-8-7-24-13)19-16(22)10-27-18-21-20-17(26-18)14-3-2-6-23-14/h2-6,9,11H,7-8,10H2,1H3,(H,19,22)/t11-/m0/s1. The molecule has 9 heteroatoms. The summed E-state index contributed by atoms with van der Waals surface area (Å²) in [5, 5.41) is 11.1. The molecule has 140 valence electrons. The van der Waals surface area contributed by atoms with Gasteiger partial charge in [-0.1, -0.05) is 17.8 Å². The van der Waals surface area contributed by atoms with Crippen LogP contribution in [0.25, 0.3) is 11.7 Å². The summed E-state index contributed by atoms with van der Waals surface area (Å²) < 4.78 is 21.8. The molecule has 0 unspecified atom stereocenters. The lowest BCUT2D eigenvalue weighted by Gasteiger charge is -2.21. The number of thioether (sulfide) groups is 1. The lowest BCUT2D eigenvalue weighted by atomic mass is 10.1. The summed E-state index contributed by atoms with van der Waals surface area (Å²) in [6.07, 6.45) is 1.53. The molecule has 0 radical (unpaired) electrons. The number of furan rings is 1. The Balaban J connectivity index is 1.31. The normalized spacial score (nSPS) is 14.0. The topological polar surface area (TPSA) is 99.6 Å². The van der Waals surface area contributed by atoms with E-state index in [-0.39, 0.29) is 23.6 Å². The van der Waals surface area contributed by atoms with Crippen molar-refractivity contribution in [1.82, 2.24) is 15.5 Å². The monoisotopic (exact) mass is 387 g/mol. The number of rotatable bonds is 6. The molecule has 0 saturated heterocycles. The van der Waals surface area contributed by atoms with E-state index in [1.54, 1.807) is 12.1 Å². The Hall–Kier alpha value is -2.94. The van der Waals surface area contributed by atoms with Gasteiger partial charge in [-0.05, 0) is 36.8 Å². The molecule has 1 aromatic carbocycles. The molecule has 1 amide bonds. The van der Waals surface area contributed by atoms with E-state index in [1.165, 1.54) is 18.0 Å². The van der Waals surface area contributed by atoms with E-state index in [1.807, 2.05) is 25.1 Å². The fourth-order valence-corrected chi connectivity index (χ4v) is 3.17. The van der Waals surface area contributed by atoms with Crippen molar-refractivity contribution < 1.29 is 23.1 Å². The predicted molar refractivity (Wildman–Crippen MR) is 96.7 cm³/mol. The Kier molecular flexibility index (Phi) is 5.01. The highest BCUT2D eigenvalue weighted by Crippen LogP contribution is 2.32. The molecule has 3 heterocycles. The summed E-state index contributed by atoms with van der Waals surface area (Å²) in [5.74, 6) is 2.22. The first-order valence-corrected chi connectivity index (χ1v) is 9.37. The van der Waals surface area contributed by atoms with Crippen molar-refractivity contribution >= 4 is 17.7 Å². The molecular formula is C18H17N3O5S. The fraction of sp³-hybridized carbons (Fsp3) is 0.278. The Morgan fingerprint density at radius 3 is 2.89 bits per heavy atom. The zero-order valence-corrected chi connectivity index (χ0v) is 15.3. The molecule has 0 bridgehead atoms. The van der Waals surface area contributed by atoms with E-state index in [4.69, 9.17) is 18.3 Å². The largest absolute Gasteiger partial charge is 0.486 e. The molecule has 2 aromatic heterocycles. The first-order valence-electron chi connectivity index (χ1n) is 8.38. The van der Waals surface area contributed by atoms with Gasteiger partial charge >= 0.3 is 0 Å². The minimum absolute atomic E-state index is 0.139. The molecule has 0 fully saturated rings. The van der Waals surface area contributed by atoms with Crippen LogP contribution in [0.1, 0.15) is 18.5 Å². The highest BCUT2D eigenvalue weighted by Gasteiger charge is 2.17. The van der Waals surface area contributed by atoms with Crippen molar-refractivity contribution in [3.8, 4) is 23.1 Å². The third-order valence-corrected chi connectivity index (χ3v) is 4.73. The summed E-state index contributed by atoms with van der Waals surface area (Å²) in [5.41, 5.74) is 0.940. The molecule has 0 saturated carbocycles. The fourth-order valence-electron chi connectivity index (χ4n) is 2.59. The first-order chi connectivity index (χ1) is 13.2. The Bertz CT molecular complexity index is 925. The number of benzene rings is 1. The molecule has 1 aliphatic rings. The lowest BCUT2D eigenvalue weighted by molar-refractivity contribution is -0.119. The maximum absolute atomic E-state index is 12.2. The summed E-state index contributed by atoms with van der Waals surface area (Å²) in [4.78, 5) is 12.2. The second-order valence-electron chi connectivity index (χ2n) is 5.83. The Morgan fingerprint density at radius 1 is 1.22 bits per heavy atom. The zero-order valence-electron chi connectivity index (χ0n) is 14.5. The van der Waals surface area contributed by atoms with E-state index in [9.17, 15) is 4.79 Å². The second kappa shape index (κ2) is 7.75. The SMILES string of the molecule is C[C@H](NC(=O)CSc1nnc(-c2ccco2)o1)c1ccc2c(c1)OCCO2. The van der Waals surface area contributed by atoms with Crippen LogP contribution in [0.4, 0.5) is 0 Å². The van der Waals surface area contributed by atoms with Gasteiger partial charge in [-0.25, -0.2) is 0 Å². The van der Waals surface area contributed by atoms with Crippen molar-refractivity contribution in [2.45, 2.75) is 18.2 Å². The number of carbonyl (C=O) groups excluding carboxylic acids is 1. The van der Waals surface area contributed by atoms with Crippen LogP contribution >= 0.6 is 11.8 Å². The van der Waals surface area contributed by atoms with Crippen molar-refractivity contribution in [1.29, 1.82) is 0 Å². The number of hydrogen-bond acceptors (Lipinski definition) is 8. The Morgan fingerprint density at radius 2 is 2.07 bits per heavy atom. The minimum atomic E-state index is -0.171. The highest BCUT2D eigenvalue weighted by atomic mass is 32.2. The van der Waals surface area contributed by atoms with Crippen molar-refractivity contribution in [2.75, 3.05) is 19.0 Å². The smallest absolute Gasteiger partial charge is 0.284 e. The zero-order chi connectivity index (χ0) is 18.6. The summed E-state index contributed by atoms with van der Waals surface area (Å²) in [7, 11) is 0. The second-order valence-corrected chi connectivity index (χ2v) is 6.76. The quantitative estimate of drug-likeness (QED) is 0.644. The minimum Gasteiger partial charge on any atom is -0.486 e. The number of carbonyl (C=O) groups is 1. The van der Waals surface area contributed by atoms with Gasteiger partial charge in [-0.2, -0.15) is 0 Å². The lowest BCUT2D eigenvalue weighted by Crippen LogP contribution is -2.28. The number of amides is 1. The van der Waals surface area contributed by atoms with Crippen molar-refractivity contribution in [2.24, 2.45) is 0 Å². The van der Waals surface area contributed by atoms with Gasteiger partial charge in [0.15, 0.2) is 17.3 Å². The van der Waals surface area contributed by atoms with E-state index in [2.05, 4.69) is 15.5 Å². The Labute approximate surface area is 159 Å². The summed E-state index contributed by atoms with van der Waals surface area (Å²) in [6.45, 7) is 2.99. The third kappa shape index (κ3) is 4.08. The molecule has 1 aliphatic heterocycles. The van der Waals surface area contributed by atoms with Crippen LogP contribution in [0.3, 0.4) is 0 Å². The van der Waals surface area contributed by atoms with E-state index >= 15 is 0 Å². The van der Waals surface area contributed by atoms with Gasteiger partial charge in [0, 0.05) is 0 Å². The number of aromatic nitrogens is 2. The maximum Gasteiger partial charge on any atom is 0.284 e. The van der Waals surface area contributed by atoms with Gasteiger partial charge in [0.05, 0.1) is 18.1 Å². The first kappa shape index (κ1) is 17.5. The van der Waals surface area contributed by atoms with Gasteiger partial charge < -0.3 is 23.6 Å². The average Bonchev–Trinajstić information content (AvgIpc) is 3.37. The number of fused-ring (bicyclic) bond motifs is 1. The molecular weight excluding hydrogens is 370 g/mol.